The predicted molar refractivity (Wildman–Crippen MR) is 65.1 cm³/mol. The molecule has 2 aromatic rings. The minimum atomic E-state index is -4.50. The summed E-state index contributed by atoms with van der Waals surface area (Å²) in [4.78, 5) is 15.1. The second kappa shape index (κ2) is 5.43. The number of nitrogens with two attached hydrogens (primary N) is 1. The summed E-state index contributed by atoms with van der Waals surface area (Å²) < 4.78 is 47.1. The highest BCUT2D eigenvalue weighted by Crippen LogP contribution is 2.34. The number of nitrogen functional groups attached to an aromatic ring is 1. The summed E-state index contributed by atoms with van der Waals surface area (Å²) in [6.07, 6.45) is -4.50. The second-order valence-electron chi connectivity index (χ2n) is 3.94. The van der Waals surface area contributed by atoms with Crippen molar-refractivity contribution in [2.24, 2.45) is 0 Å². The third kappa shape index (κ3) is 3.12. The summed E-state index contributed by atoms with van der Waals surface area (Å²) >= 11 is 0. The lowest BCUT2D eigenvalue weighted by Gasteiger charge is -2.08. The van der Waals surface area contributed by atoms with Crippen LogP contribution in [0.15, 0.2) is 22.7 Å². The van der Waals surface area contributed by atoms with E-state index in [4.69, 9.17) is 10.3 Å². The van der Waals surface area contributed by atoms with Crippen LogP contribution >= 0.6 is 0 Å². The van der Waals surface area contributed by atoms with Gasteiger partial charge in [-0.05, 0) is 30.3 Å². The molecule has 1 heterocycles. The summed E-state index contributed by atoms with van der Waals surface area (Å²) in [5.41, 5.74) is 4.57. The van der Waals surface area contributed by atoms with Crippen LogP contribution in [0.25, 0.3) is 11.5 Å². The van der Waals surface area contributed by atoms with Crippen molar-refractivity contribution in [1.82, 2.24) is 10.1 Å². The zero-order valence-electron chi connectivity index (χ0n) is 10.8. The molecule has 0 atom stereocenters. The third-order valence-electron chi connectivity index (χ3n) is 2.49. The number of rotatable bonds is 3. The number of ether oxygens (including phenoxy) is 1. The minimum Gasteiger partial charge on any atom is -0.460 e. The van der Waals surface area contributed by atoms with Gasteiger partial charge in [0.2, 0.25) is 0 Å². The van der Waals surface area contributed by atoms with Crippen molar-refractivity contribution in [2.75, 3.05) is 12.3 Å². The van der Waals surface area contributed by atoms with Crippen LogP contribution in [0.5, 0.6) is 0 Å². The Labute approximate surface area is 116 Å². The van der Waals surface area contributed by atoms with Crippen molar-refractivity contribution in [1.29, 1.82) is 0 Å². The molecule has 1 aromatic heterocycles. The first-order chi connectivity index (χ1) is 9.82. The van der Waals surface area contributed by atoms with E-state index >= 15 is 0 Å². The van der Waals surface area contributed by atoms with Crippen molar-refractivity contribution in [3.63, 3.8) is 0 Å². The number of hydrogen-bond donors (Lipinski definition) is 1. The van der Waals surface area contributed by atoms with Gasteiger partial charge in [-0.15, -0.1) is 0 Å². The van der Waals surface area contributed by atoms with Crippen molar-refractivity contribution < 1.29 is 27.2 Å². The van der Waals surface area contributed by atoms with E-state index in [9.17, 15) is 18.0 Å². The van der Waals surface area contributed by atoms with Crippen molar-refractivity contribution in [3.05, 3.63) is 29.6 Å². The number of carbonyl (C=O) groups excluding carboxylic acids is 1. The van der Waals surface area contributed by atoms with E-state index in [-0.39, 0.29) is 29.6 Å². The standard InChI is InChI=1S/C12H10F3N3O3/c1-2-20-11(19)9-17-10(21-18-9)7-4-3-6(5-8(7)16)12(13,14)15/h3-5H,2,16H2,1H3. The molecule has 0 saturated heterocycles. The van der Waals surface area contributed by atoms with Crippen LogP contribution in [0.3, 0.4) is 0 Å². The molecule has 0 bridgehead atoms. The van der Waals surface area contributed by atoms with Gasteiger partial charge in [-0.25, -0.2) is 4.79 Å². The first kappa shape index (κ1) is 14.8. The first-order valence-electron chi connectivity index (χ1n) is 5.81. The van der Waals surface area contributed by atoms with Crippen LogP contribution in [0.4, 0.5) is 18.9 Å². The summed E-state index contributed by atoms with van der Waals surface area (Å²) in [5.74, 6) is -1.28. The molecule has 1 aromatic carbocycles. The highest BCUT2D eigenvalue weighted by Gasteiger charge is 2.31. The molecule has 0 amide bonds. The van der Waals surface area contributed by atoms with E-state index in [1.807, 2.05) is 0 Å². The van der Waals surface area contributed by atoms with Gasteiger partial charge >= 0.3 is 12.1 Å². The van der Waals surface area contributed by atoms with E-state index in [0.29, 0.717) is 0 Å². The van der Waals surface area contributed by atoms with Crippen LogP contribution in [-0.2, 0) is 10.9 Å². The Morgan fingerprint density at radius 1 is 1.43 bits per heavy atom. The van der Waals surface area contributed by atoms with Gasteiger partial charge in [-0.3, -0.25) is 0 Å². The third-order valence-corrected chi connectivity index (χ3v) is 2.49. The molecule has 0 saturated carbocycles. The number of nitrogens with zero attached hydrogens (tertiary/aromatic N) is 2. The number of halogens is 3. The zero-order chi connectivity index (χ0) is 15.6. The fourth-order valence-corrected chi connectivity index (χ4v) is 1.55. The molecule has 0 fully saturated rings. The highest BCUT2D eigenvalue weighted by atomic mass is 19.4. The van der Waals surface area contributed by atoms with Crippen LogP contribution in [0.1, 0.15) is 23.1 Å². The molecule has 0 spiro atoms. The van der Waals surface area contributed by atoms with Crippen LogP contribution in [-0.4, -0.2) is 22.7 Å². The minimum absolute atomic E-state index is 0.103. The van der Waals surface area contributed by atoms with Gasteiger partial charge < -0.3 is 15.0 Å². The molecule has 0 aliphatic heterocycles. The Morgan fingerprint density at radius 2 is 2.14 bits per heavy atom. The number of aromatic nitrogens is 2. The van der Waals surface area contributed by atoms with Crippen molar-refractivity contribution >= 4 is 11.7 Å². The predicted octanol–water partition coefficient (Wildman–Crippen LogP) is 2.51. The van der Waals surface area contributed by atoms with Crippen molar-refractivity contribution in [3.8, 4) is 11.5 Å². The van der Waals surface area contributed by atoms with Gasteiger partial charge in [-0.1, -0.05) is 0 Å². The second-order valence-corrected chi connectivity index (χ2v) is 3.94. The van der Waals surface area contributed by atoms with Gasteiger partial charge in [-0.2, -0.15) is 18.2 Å². The number of carbonyl (C=O) groups is 1. The van der Waals surface area contributed by atoms with E-state index < -0.39 is 17.7 Å². The maximum absolute atomic E-state index is 12.5. The lowest BCUT2D eigenvalue weighted by molar-refractivity contribution is -0.137. The maximum atomic E-state index is 12.5. The number of hydrogen-bond acceptors (Lipinski definition) is 6. The zero-order valence-corrected chi connectivity index (χ0v) is 10.8. The molecular weight excluding hydrogens is 291 g/mol. The van der Waals surface area contributed by atoms with E-state index in [0.717, 1.165) is 18.2 Å². The Hall–Kier alpha value is -2.58. The summed E-state index contributed by atoms with van der Waals surface area (Å²) in [6, 6.07) is 2.68. The van der Waals surface area contributed by atoms with E-state index in [2.05, 4.69) is 14.9 Å². The van der Waals surface area contributed by atoms with Crippen molar-refractivity contribution in [2.45, 2.75) is 13.1 Å². The Morgan fingerprint density at radius 3 is 2.71 bits per heavy atom. The average Bonchev–Trinajstić information content (AvgIpc) is 2.87. The smallest absolute Gasteiger partial charge is 0.416 e. The van der Waals surface area contributed by atoms with Gasteiger partial charge in [0.1, 0.15) is 0 Å². The number of alkyl halides is 3. The number of anilines is 1. The van der Waals surface area contributed by atoms with E-state index in [1.54, 1.807) is 6.92 Å². The van der Waals surface area contributed by atoms with Gasteiger partial charge in [0.15, 0.2) is 0 Å². The number of esters is 1. The molecular formula is C12H10F3N3O3. The first-order valence-corrected chi connectivity index (χ1v) is 5.81. The molecule has 21 heavy (non-hydrogen) atoms. The van der Waals surface area contributed by atoms with E-state index in [1.165, 1.54) is 0 Å². The topological polar surface area (TPSA) is 91.2 Å². The highest BCUT2D eigenvalue weighted by molar-refractivity contribution is 5.85. The summed E-state index contributed by atoms with van der Waals surface area (Å²) in [5, 5.41) is 3.38. The molecule has 0 radical (unpaired) electrons. The van der Waals surface area contributed by atoms with Crippen LogP contribution < -0.4 is 5.73 Å². The molecule has 112 valence electrons. The fourth-order valence-electron chi connectivity index (χ4n) is 1.55. The summed E-state index contributed by atoms with van der Waals surface area (Å²) in [6.45, 7) is 1.73. The fraction of sp³-hybridized carbons (Fsp3) is 0.250. The van der Waals surface area contributed by atoms with Gasteiger partial charge in [0, 0.05) is 5.69 Å². The Kier molecular flexibility index (Phi) is 3.83. The lowest BCUT2D eigenvalue weighted by atomic mass is 10.1. The molecule has 6 nitrogen and oxygen atoms in total. The Balaban J connectivity index is 2.33. The molecule has 9 heteroatoms. The Bertz CT molecular complexity index is 667. The van der Waals surface area contributed by atoms with Gasteiger partial charge in [0.05, 0.1) is 17.7 Å². The van der Waals surface area contributed by atoms with Crippen LogP contribution in [0, 0.1) is 0 Å². The SMILES string of the molecule is CCOC(=O)c1noc(-c2ccc(C(F)(F)F)cc2N)n1. The number of benzene rings is 1. The normalized spacial score (nSPS) is 11.4. The largest absolute Gasteiger partial charge is 0.460 e. The molecule has 0 aliphatic carbocycles. The van der Waals surface area contributed by atoms with Crippen LogP contribution in [0.2, 0.25) is 0 Å². The summed E-state index contributed by atoms with van der Waals surface area (Å²) in [7, 11) is 0. The molecule has 2 rings (SSSR count). The molecule has 0 unspecified atom stereocenters. The monoisotopic (exact) mass is 301 g/mol. The molecule has 2 N–H and O–H groups in total. The maximum Gasteiger partial charge on any atom is 0.416 e. The van der Waals surface area contributed by atoms with Gasteiger partial charge in [0.25, 0.3) is 11.7 Å². The quantitative estimate of drug-likeness (QED) is 0.692. The molecule has 0 aliphatic rings. The lowest BCUT2D eigenvalue weighted by Crippen LogP contribution is -2.07. The average molecular weight is 301 g/mol.